The Bertz CT molecular complexity index is 475. The second kappa shape index (κ2) is 5.93. The monoisotopic (exact) mass is 282 g/mol. The van der Waals surface area contributed by atoms with Crippen molar-refractivity contribution in [3.63, 3.8) is 0 Å². The van der Waals surface area contributed by atoms with Crippen LogP contribution in [0.4, 0.5) is 10.5 Å². The zero-order valence-electron chi connectivity index (χ0n) is 10.2. The summed E-state index contributed by atoms with van der Waals surface area (Å²) in [5, 5.41) is 15.0. The maximum Gasteiger partial charge on any atom is 0.319 e. The van der Waals surface area contributed by atoms with Crippen LogP contribution in [0.2, 0.25) is 5.02 Å². The van der Waals surface area contributed by atoms with E-state index in [1.807, 2.05) is 0 Å². The van der Waals surface area contributed by atoms with Gasteiger partial charge in [0, 0.05) is 16.8 Å². The lowest BCUT2D eigenvalue weighted by Crippen LogP contribution is -2.42. The highest BCUT2D eigenvalue weighted by Gasteiger charge is 2.33. The Kier molecular flexibility index (Phi) is 4.27. The molecule has 1 aliphatic rings. The van der Waals surface area contributed by atoms with Crippen molar-refractivity contribution in [2.24, 2.45) is 5.92 Å². The van der Waals surface area contributed by atoms with Gasteiger partial charge in [0.25, 0.3) is 0 Å². The van der Waals surface area contributed by atoms with Crippen molar-refractivity contribution < 1.29 is 14.7 Å². The Balaban J connectivity index is 1.90. The third-order valence-corrected chi connectivity index (χ3v) is 3.50. The topological polar surface area (TPSA) is 78.4 Å². The number of carbonyl (C=O) groups is 2. The number of carboxylic acid groups (broad SMARTS) is 1. The van der Waals surface area contributed by atoms with E-state index in [-0.39, 0.29) is 12.1 Å². The minimum absolute atomic E-state index is 0.301. The van der Waals surface area contributed by atoms with Gasteiger partial charge in [0.1, 0.15) is 0 Å². The van der Waals surface area contributed by atoms with E-state index in [2.05, 4.69) is 10.6 Å². The lowest BCUT2D eigenvalue weighted by Gasteiger charge is -2.18. The molecule has 19 heavy (non-hydrogen) atoms. The number of anilines is 1. The van der Waals surface area contributed by atoms with Gasteiger partial charge in [-0.25, -0.2) is 4.79 Å². The maximum absolute atomic E-state index is 11.8. The van der Waals surface area contributed by atoms with Crippen LogP contribution in [-0.2, 0) is 4.79 Å². The molecule has 2 atom stereocenters. The van der Waals surface area contributed by atoms with Gasteiger partial charge in [0.15, 0.2) is 0 Å². The van der Waals surface area contributed by atoms with Crippen LogP contribution in [0.3, 0.4) is 0 Å². The Morgan fingerprint density at radius 2 is 1.89 bits per heavy atom. The summed E-state index contributed by atoms with van der Waals surface area (Å²) in [4.78, 5) is 22.8. The van der Waals surface area contributed by atoms with E-state index in [4.69, 9.17) is 16.7 Å². The van der Waals surface area contributed by atoms with E-state index in [1.54, 1.807) is 24.3 Å². The number of aliphatic carboxylic acids is 1. The summed E-state index contributed by atoms with van der Waals surface area (Å²) in [7, 11) is 0. The summed E-state index contributed by atoms with van der Waals surface area (Å²) in [5.74, 6) is -1.34. The highest BCUT2D eigenvalue weighted by molar-refractivity contribution is 6.30. The second-order valence-corrected chi connectivity index (χ2v) is 5.02. The largest absolute Gasteiger partial charge is 0.481 e. The first kappa shape index (κ1) is 13.7. The third kappa shape index (κ3) is 3.61. The summed E-state index contributed by atoms with van der Waals surface area (Å²) in [6.07, 6.45) is 2.13. The molecular weight excluding hydrogens is 268 g/mol. The number of rotatable bonds is 3. The van der Waals surface area contributed by atoms with Gasteiger partial charge in [0.05, 0.1) is 5.92 Å². The fraction of sp³-hybridized carbons (Fsp3) is 0.385. The number of urea groups is 1. The van der Waals surface area contributed by atoms with Gasteiger partial charge in [-0.3, -0.25) is 4.79 Å². The van der Waals surface area contributed by atoms with Gasteiger partial charge in [-0.2, -0.15) is 0 Å². The number of benzene rings is 1. The lowest BCUT2D eigenvalue weighted by atomic mass is 10.0. The molecule has 0 aliphatic heterocycles. The number of hydrogen-bond donors (Lipinski definition) is 3. The molecule has 5 nitrogen and oxygen atoms in total. The normalized spacial score (nSPS) is 21.9. The minimum atomic E-state index is -0.853. The maximum atomic E-state index is 11.8. The van der Waals surface area contributed by atoms with Crippen LogP contribution in [0.1, 0.15) is 19.3 Å². The van der Waals surface area contributed by atoms with Crippen molar-refractivity contribution in [2.75, 3.05) is 5.32 Å². The fourth-order valence-electron chi connectivity index (χ4n) is 2.30. The molecule has 0 spiro atoms. The first-order valence-corrected chi connectivity index (χ1v) is 6.50. The smallest absolute Gasteiger partial charge is 0.319 e. The summed E-state index contributed by atoms with van der Waals surface area (Å²) in [6, 6.07) is 6.03. The van der Waals surface area contributed by atoms with Crippen molar-refractivity contribution in [3.05, 3.63) is 29.3 Å². The number of hydrogen-bond acceptors (Lipinski definition) is 2. The number of carbonyl (C=O) groups excluding carboxylic acids is 1. The zero-order valence-corrected chi connectivity index (χ0v) is 11.0. The Morgan fingerprint density at radius 1 is 1.21 bits per heavy atom. The van der Waals surface area contributed by atoms with Gasteiger partial charge >= 0.3 is 12.0 Å². The van der Waals surface area contributed by atoms with Gasteiger partial charge in [0.2, 0.25) is 0 Å². The summed E-state index contributed by atoms with van der Waals surface area (Å²) < 4.78 is 0. The van der Waals surface area contributed by atoms with E-state index < -0.39 is 11.9 Å². The molecule has 2 rings (SSSR count). The van der Waals surface area contributed by atoms with Crippen LogP contribution < -0.4 is 10.6 Å². The van der Waals surface area contributed by atoms with Crippen LogP contribution in [0, 0.1) is 5.92 Å². The van der Waals surface area contributed by atoms with Crippen LogP contribution in [0.25, 0.3) is 0 Å². The van der Waals surface area contributed by atoms with Gasteiger partial charge in [-0.1, -0.05) is 18.0 Å². The first-order chi connectivity index (χ1) is 9.06. The average molecular weight is 283 g/mol. The van der Waals surface area contributed by atoms with Gasteiger partial charge in [-0.15, -0.1) is 0 Å². The molecule has 1 aromatic carbocycles. The Hall–Kier alpha value is -1.75. The predicted octanol–water partition coefficient (Wildman–Crippen LogP) is 2.71. The summed E-state index contributed by atoms with van der Waals surface area (Å²) in [5.41, 5.74) is 0.617. The second-order valence-electron chi connectivity index (χ2n) is 4.59. The SMILES string of the molecule is O=C(Nc1ccc(Cl)cc1)NC1CCCC1C(=O)O. The Labute approximate surface area is 116 Å². The molecule has 0 aromatic heterocycles. The first-order valence-electron chi connectivity index (χ1n) is 6.12. The summed E-state index contributed by atoms with van der Waals surface area (Å²) >= 11 is 5.75. The molecule has 1 aliphatic carbocycles. The van der Waals surface area contributed by atoms with Crippen LogP contribution in [-0.4, -0.2) is 23.1 Å². The van der Waals surface area contributed by atoms with Crippen LogP contribution in [0.5, 0.6) is 0 Å². The molecule has 3 N–H and O–H groups in total. The van der Waals surface area contributed by atoms with Crippen LogP contribution >= 0.6 is 11.6 Å². The van der Waals surface area contributed by atoms with E-state index in [1.165, 1.54) is 0 Å². The zero-order chi connectivity index (χ0) is 13.8. The molecule has 2 amide bonds. The molecule has 0 saturated heterocycles. The average Bonchev–Trinajstić information content (AvgIpc) is 2.80. The van der Waals surface area contributed by atoms with Crippen molar-refractivity contribution in [2.45, 2.75) is 25.3 Å². The van der Waals surface area contributed by atoms with Crippen molar-refractivity contribution in [1.82, 2.24) is 5.32 Å². The lowest BCUT2D eigenvalue weighted by molar-refractivity contribution is -0.142. The molecule has 1 fully saturated rings. The molecule has 1 saturated carbocycles. The third-order valence-electron chi connectivity index (χ3n) is 3.25. The van der Waals surface area contributed by atoms with Crippen molar-refractivity contribution >= 4 is 29.3 Å². The number of nitrogens with one attached hydrogen (secondary N) is 2. The van der Waals surface area contributed by atoms with Crippen LogP contribution in [0.15, 0.2) is 24.3 Å². The molecular formula is C13H15ClN2O3. The molecule has 2 unspecified atom stereocenters. The molecule has 102 valence electrons. The molecule has 0 radical (unpaired) electrons. The fourth-order valence-corrected chi connectivity index (χ4v) is 2.42. The van der Waals surface area contributed by atoms with E-state index in [0.29, 0.717) is 23.6 Å². The van der Waals surface area contributed by atoms with Crippen molar-refractivity contribution in [3.8, 4) is 0 Å². The number of carboxylic acids is 1. The van der Waals surface area contributed by atoms with Gasteiger partial charge < -0.3 is 15.7 Å². The quantitative estimate of drug-likeness (QED) is 0.797. The van der Waals surface area contributed by atoms with Gasteiger partial charge in [-0.05, 0) is 37.1 Å². The van der Waals surface area contributed by atoms with E-state index in [0.717, 1.165) is 6.42 Å². The standard InChI is InChI=1S/C13H15ClN2O3/c14-8-4-6-9(7-5-8)15-13(19)16-11-3-1-2-10(11)12(17)18/h4-7,10-11H,1-3H2,(H,17,18)(H2,15,16,19). The Morgan fingerprint density at radius 3 is 2.53 bits per heavy atom. The van der Waals surface area contributed by atoms with Crippen molar-refractivity contribution in [1.29, 1.82) is 0 Å². The van der Waals surface area contributed by atoms with E-state index in [9.17, 15) is 9.59 Å². The molecule has 0 heterocycles. The summed E-state index contributed by atoms with van der Waals surface area (Å²) in [6.45, 7) is 0. The highest BCUT2D eigenvalue weighted by atomic mass is 35.5. The number of amides is 2. The highest BCUT2D eigenvalue weighted by Crippen LogP contribution is 2.25. The molecule has 6 heteroatoms. The number of halogens is 1. The molecule has 0 bridgehead atoms. The van der Waals surface area contributed by atoms with E-state index >= 15 is 0 Å². The minimum Gasteiger partial charge on any atom is -0.481 e. The predicted molar refractivity (Wildman–Crippen MR) is 72.4 cm³/mol. The molecule has 1 aromatic rings.